The molecule has 4 aromatic rings. The molecule has 5 heterocycles. The maximum absolute atomic E-state index is 14.6. The number of amides is 4. The summed E-state index contributed by atoms with van der Waals surface area (Å²) in [7, 11) is 0. The molecular weight excluding hydrogens is 799 g/mol. The van der Waals surface area contributed by atoms with Gasteiger partial charge < -0.3 is 29.6 Å². The van der Waals surface area contributed by atoms with Gasteiger partial charge in [-0.05, 0) is 48.4 Å². The van der Waals surface area contributed by atoms with Crippen LogP contribution in [0.25, 0.3) is 0 Å². The number of carbonyl (C=O) groups is 5. The number of benzene rings is 3. The number of ketones is 1. The Morgan fingerprint density at radius 3 is 2.25 bits per heavy atom. The molecule has 19 heteroatoms. The van der Waals surface area contributed by atoms with E-state index in [0.29, 0.717) is 94.4 Å². The number of nitrogens with one attached hydrogen (secondary N) is 3. The SMILES string of the molecule is O=C1CCC(N2C(=O)c3cccc(NCCOCCOCCOCCOCCn4ncnc4[C@H]4C5=NCC(=O)c6cc(F)cc(c65)NC4c4ccc(F)cc4)c3C2=O)C(=O)N1. The molecule has 0 aliphatic carbocycles. The molecule has 0 radical (unpaired) electrons. The normalized spacial score (nSPS) is 19.4. The molecular formula is C42H42F2N8O9. The molecule has 4 amide bonds. The summed E-state index contributed by atoms with van der Waals surface area (Å²) >= 11 is 0. The van der Waals surface area contributed by atoms with Gasteiger partial charge in [0.1, 0.15) is 36.4 Å². The second kappa shape index (κ2) is 18.5. The first-order valence-corrected chi connectivity index (χ1v) is 19.9. The molecule has 0 spiro atoms. The Balaban J connectivity index is 0.726. The largest absolute Gasteiger partial charge is 0.382 e. The van der Waals surface area contributed by atoms with Crippen molar-refractivity contribution in [3.63, 3.8) is 0 Å². The fraction of sp³-hybridized carbons (Fsp3) is 0.381. The molecule has 1 saturated heterocycles. The standard InChI is InChI=1S/C42H42F2N8O9/c43-25-6-4-24(5-7-25)37-36(38-34-28(32(53)22-46-38)20-26(44)21-30(34)49-37)39-47-23-48-51(39)11-13-59-15-17-61-19-18-60-16-14-58-12-10-45-29-3-1-2-27-35(29)42(57)52(41(27)56)31-8-9-33(54)50-40(31)55/h1-7,20-21,23,31,36-37,45,49H,8-19,22H2,(H,50,54,55)/t31?,36-,37?/m1/s1. The molecule has 3 N–H and O–H groups in total. The number of aromatic nitrogens is 3. The molecule has 1 fully saturated rings. The first-order valence-electron chi connectivity index (χ1n) is 19.9. The predicted octanol–water partition coefficient (Wildman–Crippen LogP) is 3.07. The van der Waals surface area contributed by atoms with Crippen LogP contribution in [-0.4, -0.2) is 127 Å². The van der Waals surface area contributed by atoms with Crippen molar-refractivity contribution in [2.24, 2.45) is 4.99 Å². The van der Waals surface area contributed by atoms with Crippen molar-refractivity contribution in [2.45, 2.75) is 37.4 Å². The van der Waals surface area contributed by atoms with Crippen LogP contribution in [0.1, 0.15) is 72.8 Å². The third-order valence-electron chi connectivity index (χ3n) is 10.7. The third-order valence-corrected chi connectivity index (χ3v) is 10.7. The zero-order valence-corrected chi connectivity index (χ0v) is 32.9. The highest BCUT2D eigenvalue weighted by atomic mass is 19.1. The van der Waals surface area contributed by atoms with Gasteiger partial charge in [0.2, 0.25) is 11.8 Å². The van der Waals surface area contributed by atoms with Crippen LogP contribution in [0.3, 0.4) is 0 Å². The molecule has 8 rings (SSSR count). The number of carbonyl (C=O) groups excluding carboxylic acids is 5. The number of imide groups is 2. The minimum absolute atomic E-state index is 0.0464. The Morgan fingerprint density at radius 1 is 0.787 bits per heavy atom. The summed E-state index contributed by atoms with van der Waals surface area (Å²) in [4.78, 5) is 73.1. The predicted molar refractivity (Wildman–Crippen MR) is 213 cm³/mol. The average Bonchev–Trinajstić information content (AvgIpc) is 3.81. The Hall–Kier alpha value is -6.28. The molecule has 0 bridgehead atoms. The monoisotopic (exact) mass is 840 g/mol. The van der Waals surface area contributed by atoms with E-state index in [4.69, 9.17) is 18.9 Å². The molecule has 3 atom stereocenters. The summed E-state index contributed by atoms with van der Waals surface area (Å²) in [5, 5.41) is 13.1. The molecule has 3 aromatic carbocycles. The van der Waals surface area contributed by atoms with Gasteiger partial charge in [-0.25, -0.2) is 18.4 Å². The van der Waals surface area contributed by atoms with Crippen molar-refractivity contribution >= 4 is 46.5 Å². The first kappa shape index (κ1) is 41.5. The molecule has 17 nitrogen and oxygen atoms in total. The number of piperidine rings is 1. The van der Waals surface area contributed by atoms with Gasteiger partial charge in [-0.3, -0.25) is 39.2 Å². The summed E-state index contributed by atoms with van der Waals surface area (Å²) in [6.45, 7) is 3.16. The van der Waals surface area contributed by atoms with Crippen LogP contribution in [0, 0.1) is 11.6 Å². The van der Waals surface area contributed by atoms with Crippen LogP contribution in [0.2, 0.25) is 0 Å². The lowest BCUT2D eigenvalue weighted by atomic mass is 9.78. The topological polar surface area (TPSA) is 205 Å². The molecule has 61 heavy (non-hydrogen) atoms. The lowest BCUT2D eigenvalue weighted by Gasteiger charge is -2.38. The maximum atomic E-state index is 14.6. The molecule has 1 aromatic heterocycles. The number of rotatable bonds is 19. The quantitative estimate of drug-likeness (QED) is 0.0919. The molecule has 0 saturated carbocycles. The number of nitrogens with zero attached hydrogens (tertiary/aromatic N) is 5. The van der Waals surface area contributed by atoms with E-state index in [1.807, 2.05) is 0 Å². The number of Topliss-reactive ketones (excluding diaryl/α,β-unsaturated/α-hetero) is 1. The van der Waals surface area contributed by atoms with Gasteiger partial charge in [0, 0.05) is 35.5 Å². The maximum Gasteiger partial charge on any atom is 0.264 e. The summed E-state index contributed by atoms with van der Waals surface area (Å²) in [6.07, 6.45) is 1.56. The Morgan fingerprint density at radius 2 is 1.51 bits per heavy atom. The Kier molecular flexibility index (Phi) is 12.6. The van der Waals surface area contributed by atoms with Crippen molar-refractivity contribution in [3.05, 3.63) is 106 Å². The minimum atomic E-state index is -1.04. The molecule has 4 aliphatic rings. The van der Waals surface area contributed by atoms with Gasteiger partial charge in [-0.1, -0.05) is 18.2 Å². The summed E-state index contributed by atoms with van der Waals surface area (Å²) in [5.74, 6) is -3.44. The van der Waals surface area contributed by atoms with Crippen LogP contribution >= 0.6 is 0 Å². The van der Waals surface area contributed by atoms with E-state index in [1.165, 1.54) is 36.7 Å². The smallest absolute Gasteiger partial charge is 0.264 e. The van der Waals surface area contributed by atoms with Crippen molar-refractivity contribution in [1.82, 2.24) is 25.0 Å². The third kappa shape index (κ3) is 8.81. The van der Waals surface area contributed by atoms with Crippen LogP contribution < -0.4 is 16.0 Å². The van der Waals surface area contributed by atoms with Gasteiger partial charge >= 0.3 is 0 Å². The number of hydrogen-bond acceptors (Lipinski definition) is 14. The van der Waals surface area contributed by atoms with Gasteiger partial charge in [0.05, 0.1) is 88.2 Å². The van der Waals surface area contributed by atoms with Crippen molar-refractivity contribution in [2.75, 3.05) is 76.6 Å². The summed E-state index contributed by atoms with van der Waals surface area (Å²) < 4.78 is 52.9. The van der Waals surface area contributed by atoms with E-state index < -0.39 is 53.3 Å². The summed E-state index contributed by atoms with van der Waals surface area (Å²) in [6, 6.07) is 11.9. The zero-order valence-electron chi connectivity index (χ0n) is 32.9. The van der Waals surface area contributed by atoms with E-state index in [9.17, 15) is 32.8 Å². The van der Waals surface area contributed by atoms with Crippen molar-refractivity contribution in [3.8, 4) is 0 Å². The number of halogens is 2. The molecule has 4 aliphatic heterocycles. The number of ether oxygens (including phenoxy) is 4. The summed E-state index contributed by atoms with van der Waals surface area (Å²) in [5.41, 5.74) is 3.36. The molecule has 2 unspecified atom stereocenters. The van der Waals surface area contributed by atoms with Gasteiger partial charge in [-0.15, -0.1) is 0 Å². The highest BCUT2D eigenvalue weighted by Crippen LogP contribution is 2.45. The number of aliphatic imine (C=N–C) groups is 1. The molecule has 318 valence electrons. The Labute approximate surface area is 347 Å². The Bertz CT molecular complexity index is 2370. The average molecular weight is 841 g/mol. The zero-order chi connectivity index (χ0) is 42.5. The number of fused-ring (bicyclic) bond motifs is 1. The lowest BCUT2D eigenvalue weighted by Crippen LogP contribution is -2.54. The lowest BCUT2D eigenvalue weighted by molar-refractivity contribution is -0.136. The van der Waals surface area contributed by atoms with Crippen LogP contribution in [-0.2, 0) is 35.1 Å². The van der Waals surface area contributed by atoms with E-state index >= 15 is 0 Å². The first-order chi connectivity index (χ1) is 29.7. The number of hydrogen-bond donors (Lipinski definition) is 3. The fourth-order valence-electron chi connectivity index (χ4n) is 7.94. The van der Waals surface area contributed by atoms with Crippen molar-refractivity contribution < 1.29 is 51.7 Å². The second-order valence-electron chi connectivity index (χ2n) is 14.5. The van der Waals surface area contributed by atoms with Gasteiger partial charge in [-0.2, -0.15) is 5.10 Å². The van der Waals surface area contributed by atoms with E-state index in [2.05, 4.69) is 31.0 Å². The second-order valence-corrected chi connectivity index (χ2v) is 14.5. The van der Waals surface area contributed by atoms with Crippen LogP contribution in [0.4, 0.5) is 20.2 Å². The highest BCUT2D eigenvalue weighted by Gasteiger charge is 2.46. The number of anilines is 2. The van der Waals surface area contributed by atoms with Crippen molar-refractivity contribution in [1.29, 1.82) is 0 Å². The van der Waals surface area contributed by atoms with Crippen LogP contribution in [0.5, 0.6) is 0 Å². The van der Waals surface area contributed by atoms with E-state index in [1.54, 1.807) is 28.9 Å². The fourth-order valence-corrected chi connectivity index (χ4v) is 7.94. The van der Waals surface area contributed by atoms with Gasteiger partial charge in [0.15, 0.2) is 5.78 Å². The van der Waals surface area contributed by atoms with E-state index in [0.717, 1.165) is 10.5 Å². The van der Waals surface area contributed by atoms with Crippen LogP contribution in [0.15, 0.2) is 65.9 Å². The minimum Gasteiger partial charge on any atom is -0.382 e. The highest BCUT2D eigenvalue weighted by molar-refractivity contribution is 6.25. The van der Waals surface area contributed by atoms with E-state index in [-0.39, 0.29) is 41.9 Å². The van der Waals surface area contributed by atoms with Gasteiger partial charge in [0.25, 0.3) is 11.8 Å².